The summed E-state index contributed by atoms with van der Waals surface area (Å²) in [4.78, 5) is 12.0. The summed E-state index contributed by atoms with van der Waals surface area (Å²) in [6.07, 6.45) is 1.18. The number of carbonyl (C=O) groups excluding carboxylic acids is 1. The van der Waals surface area contributed by atoms with E-state index in [0.29, 0.717) is 19.8 Å². The molecule has 28 heavy (non-hydrogen) atoms. The van der Waals surface area contributed by atoms with Gasteiger partial charge in [-0.15, -0.1) is 0 Å². The van der Waals surface area contributed by atoms with Crippen LogP contribution in [0.5, 0.6) is 0 Å². The molecule has 1 heterocycles. The van der Waals surface area contributed by atoms with Crippen LogP contribution in [0, 0.1) is 11.3 Å². The maximum atomic E-state index is 12.8. The van der Waals surface area contributed by atoms with E-state index in [0.717, 1.165) is 0 Å². The molecule has 1 saturated heterocycles. The van der Waals surface area contributed by atoms with Crippen molar-refractivity contribution in [2.75, 3.05) is 51.9 Å². The summed E-state index contributed by atoms with van der Waals surface area (Å²) in [5.41, 5.74) is 0.0713. The van der Waals surface area contributed by atoms with Gasteiger partial charge in [-0.2, -0.15) is 9.57 Å². The second kappa shape index (κ2) is 10.4. The van der Waals surface area contributed by atoms with Crippen molar-refractivity contribution >= 4 is 33.2 Å². The van der Waals surface area contributed by atoms with Crippen LogP contribution < -0.4 is 10.6 Å². The third-order valence-electron chi connectivity index (χ3n) is 3.87. The molecule has 1 aliphatic heterocycles. The summed E-state index contributed by atoms with van der Waals surface area (Å²) >= 11 is 6.12. The molecular formula is C17H21ClN4O5S. The molecule has 11 heteroatoms. The van der Waals surface area contributed by atoms with Crippen LogP contribution in [0.1, 0.15) is 0 Å². The van der Waals surface area contributed by atoms with Gasteiger partial charge in [0.15, 0.2) is 0 Å². The van der Waals surface area contributed by atoms with E-state index in [1.807, 2.05) is 0 Å². The molecule has 1 aliphatic rings. The summed E-state index contributed by atoms with van der Waals surface area (Å²) in [5, 5.41) is 14.7. The molecule has 0 spiro atoms. The SMILES string of the molecule is COCCNC(=O)/C(C#N)=C\Nc1cc(S(=O)(=O)N2CCOCC2)ccc1Cl. The summed E-state index contributed by atoms with van der Waals surface area (Å²) in [7, 11) is -2.21. The zero-order chi connectivity index (χ0) is 20.6. The van der Waals surface area contributed by atoms with Crippen LogP contribution in [0.2, 0.25) is 5.02 Å². The number of benzene rings is 1. The van der Waals surface area contributed by atoms with Gasteiger partial charge in [0.05, 0.1) is 35.4 Å². The number of sulfonamides is 1. The lowest BCUT2D eigenvalue weighted by atomic mass is 10.2. The van der Waals surface area contributed by atoms with Crippen molar-refractivity contribution < 1.29 is 22.7 Å². The molecule has 1 fully saturated rings. The van der Waals surface area contributed by atoms with Gasteiger partial charge in [-0.05, 0) is 18.2 Å². The molecule has 0 radical (unpaired) electrons. The van der Waals surface area contributed by atoms with E-state index in [-0.39, 0.29) is 40.8 Å². The molecule has 0 bridgehead atoms. The highest BCUT2D eigenvalue weighted by atomic mass is 35.5. The molecule has 0 atom stereocenters. The first kappa shape index (κ1) is 22.1. The minimum absolute atomic E-state index is 0.0535. The van der Waals surface area contributed by atoms with Gasteiger partial charge >= 0.3 is 0 Å². The number of morpholine rings is 1. The Morgan fingerprint density at radius 1 is 1.43 bits per heavy atom. The molecule has 0 saturated carbocycles. The predicted octanol–water partition coefficient (Wildman–Crippen LogP) is 0.943. The molecule has 2 N–H and O–H groups in total. The Morgan fingerprint density at radius 2 is 2.14 bits per heavy atom. The van der Waals surface area contributed by atoms with E-state index in [1.165, 1.54) is 35.8 Å². The molecule has 0 aromatic heterocycles. The second-order valence-corrected chi connectivity index (χ2v) is 8.07. The van der Waals surface area contributed by atoms with E-state index < -0.39 is 15.9 Å². The number of anilines is 1. The predicted molar refractivity (Wildman–Crippen MR) is 103 cm³/mol. The number of ether oxygens (including phenoxy) is 2. The smallest absolute Gasteiger partial charge is 0.263 e. The maximum absolute atomic E-state index is 12.8. The zero-order valence-corrected chi connectivity index (χ0v) is 16.8. The molecule has 1 amide bonds. The normalized spacial score (nSPS) is 15.7. The number of nitriles is 1. The average molecular weight is 429 g/mol. The molecule has 0 aliphatic carbocycles. The van der Waals surface area contributed by atoms with E-state index in [9.17, 15) is 13.2 Å². The summed E-state index contributed by atoms with van der Waals surface area (Å²) in [5.74, 6) is -0.583. The fourth-order valence-corrected chi connectivity index (χ4v) is 3.98. The average Bonchev–Trinajstić information content (AvgIpc) is 2.70. The number of nitrogens with one attached hydrogen (secondary N) is 2. The zero-order valence-electron chi connectivity index (χ0n) is 15.3. The van der Waals surface area contributed by atoms with Crippen molar-refractivity contribution in [2.24, 2.45) is 0 Å². The van der Waals surface area contributed by atoms with Gasteiger partial charge in [-0.1, -0.05) is 11.6 Å². The quantitative estimate of drug-likeness (QED) is 0.359. The first-order valence-electron chi connectivity index (χ1n) is 8.41. The Balaban J connectivity index is 2.18. The summed E-state index contributed by atoms with van der Waals surface area (Å²) < 4.78 is 36.9. The third kappa shape index (κ3) is 5.67. The van der Waals surface area contributed by atoms with Gasteiger partial charge < -0.3 is 20.1 Å². The number of carbonyl (C=O) groups is 1. The van der Waals surface area contributed by atoms with Crippen LogP contribution in [0.3, 0.4) is 0 Å². The lowest BCUT2D eigenvalue weighted by Crippen LogP contribution is -2.40. The van der Waals surface area contributed by atoms with Gasteiger partial charge in [0.1, 0.15) is 11.6 Å². The Hall–Kier alpha value is -2.16. The van der Waals surface area contributed by atoms with E-state index in [1.54, 1.807) is 6.07 Å². The Bertz CT molecular complexity index is 876. The van der Waals surface area contributed by atoms with Crippen LogP contribution in [-0.2, 0) is 24.3 Å². The number of rotatable bonds is 8. The van der Waals surface area contributed by atoms with E-state index >= 15 is 0 Å². The van der Waals surface area contributed by atoms with Gasteiger partial charge in [0.25, 0.3) is 5.91 Å². The lowest BCUT2D eigenvalue weighted by molar-refractivity contribution is -0.117. The minimum Gasteiger partial charge on any atom is -0.383 e. The number of nitrogens with zero attached hydrogens (tertiary/aromatic N) is 2. The van der Waals surface area contributed by atoms with Crippen molar-refractivity contribution in [1.82, 2.24) is 9.62 Å². The number of methoxy groups -OCH3 is 1. The Labute approximate surface area is 168 Å². The van der Waals surface area contributed by atoms with Crippen molar-refractivity contribution in [3.05, 3.63) is 35.0 Å². The van der Waals surface area contributed by atoms with E-state index in [2.05, 4.69) is 10.6 Å². The highest BCUT2D eigenvalue weighted by molar-refractivity contribution is 7.89. The Kier molecular flexibility index (Phi) is 8.22. The first-order valence-corrected chi connectivity index (χ1v) is 10.2. The molecule has 1 aromatic rings. The van der Waals surface area contributed by atoms with Gasteiger partial charge in [0, 0.05) is 32.9 Å². The fourth-order valence-electron chi connectivity index (χ4n) is 2.37. The van der Waals surface area contributed by atoms with Crippen molar-refractivity contribution in [1.29, 1.82) is 5.26 Å². The molecule has 2 rings (SSSR count). The molecule has 152 valence electrons. The van der Waals surface area contributed by atoms with E-state index in [4.69, 9.17) is 26.3 Å². The van der Waals surface area contributed by atoms with Crippen LogP contribution >= 0.6 is 11.6 Å². The minimum atomic E-state index is -3.70. The van der Waals surface area contributed by atoms with Crippen LogP contribution in [0.4, 0.5) is 5.69 Å². The van der Waals surface area contributed by atoms with Crippen molar-refractivity contribution in [3.8, 4) is 6.07 Å². The standard InChI is InChI=1S/C17H21ClN4O5S/c1-26-7-4-20-17(23)13(11-19)12-21-16-10-14(2-3-15(16)18)28(24,25)22-5-8-27-9-6-22/h2-3,10,12,21H,4-9H2,1H3,(H,20,23)/b13-12-. The van der Waals surface area contributed by atoms with Gasteiger partial charge in [-0.25, -0.2) is 8.42 Å². The van der Waals surface area contributed by atoms with Crippen molar-refractivity contribution in [3.63, 3.8) is 0 Å². The van der Waals surface area contributed by atoms with Crippen molar-refractivity contribution in [2.45, 2.75) is 4.90 Å². The highest BCUT2D eigenvalue weighted by Crippen LogP contribution is 2.27. The van der Waals surface area contributed by atoms with Gasteiger partial charge in [0.2, 0.25) is 10.0 Å². The summed E-state index contributed by atoms with van der Waals surface area (Å²) in [6.45, 7) is 1.78. The first-order chi connectivity index (χ1) is 13.4. The number of amides is 1. The Morgan fingerprint density at radius 3 is 2.79 bits per heavy atom. The molecular weight excluding hydrogens is 408 g/mol. The lowest BCUT2D eigenvalue weighted by Gasteiger charge is -2.26. The monoisotopic (exact) mass is 428 g/mol. The summed E-state index contributed by atoms with van der Waals surface area (Å²) in [6, 6.07) is 5.99. The highest BCUT2D eigenvalue weighted by Gasteiger charge is 2.26. The van der Waals surface area contributed by atoms with Crippen LogP contribution in [-0.4, -0.2) is 65.2 Å². The number of halogens is 1. The molecule has 1 aromatic carbocycles. The number of hydrogen-bond donors (Lipinski definition) is 2. The largest absolute Gasteiger partial charge is 0.383 e. The molecule has 0 unspecified atom stereocenters. The van der Waals surface area contributed by atoms with Crippen LogP contribution in [0.25, 0.3) is 0 Å². The van der Waals surface area contributed by atoms with Crippen LogP contribution in [0.15, 0.2) is 34.9 Å². The number of hydrogen-bond acceptors (Lipinski definition) is 7. The second-order valence-electron chi connectivity index (χ2n) is 5.72. The fraction of sp³-hybridized carbons (Fsp3) is 0.412. The third-order valence-corrected chi connectivity index (χ3v) is 6.10. The topological polar surface area (TPSA) is 121 Å². The van der Waals surface area contributed by atoms with Gasteiger partial charge in [-0.3, -0.25) is 4.79 Å². The maximum Gasteiger partial charge on any atom is 0.263 e. The molecule has 9 nitrogen and oxygen atoms in total.